The van der Waals surface area contributed by atoms with Crippen LogP contribution < -0.4 is 34.5 Å². The number of halogens is 1. The summed E-state index contributed by atoms with van der Waals surface area (Å²) in [6.45, 7) is 3.90. The van der Waals surface area contributed by atoms with Crippen molar-refractivity contribution in [3.8, 4) is 0 Å². The summed E-state index contributed by atoms with van der Waals surface area (Å²) < 4.78 is 32.2. The van der Waals surface area contributed by atoms with Crippen LogP contribution in [0.25, 0.3) is 0 Å². The van der Waals surface area contributed by atoms with Crippen LogP contribution in [0, 0.1) is 28.6 Å². The van der Waals surface area contributed by atoms with Gasteiger partial charge in [-0.05, 0) is 56.6 Å². The van der Waals surface area contributed by atoms with Gasteiger partial charge in [0.2, 0.25) is 0 Å². The van der Waals surface area contributed by atoms with Gasteiger partial charge in [0, 0.05) is 16.7 Å². The molecule has 0 radical (unpaired) electrons. The molecular weight excluding hydrogens is 465 g/mol. The van der Waals surface area contributed by atoms with Crippen molar-refractivity contribution in [2.24, 2.45) is 28.6 Å². The average Bonchev–Trinajstić information content (AvgIpc) is 2.89. The smallest absolute Gasteiger partial charge is 0.756 e. The molecule has 8 nitrogen and oxygen atoms in total. The van der Waals surface area contributed by atoms with E-state index in [-0.39, 0.29) is 41.8 Å². The number of Topliss-reactive ketones (excluding diaryl/α,β-unsaturated/α-hetero) is 1. The first-order valence-corrected chi connectivity index (χ1v) is 12.4. The van der Waals surface area contributed by atoms with E-state index >= 15 is 4.39 Å². The Bertz CT molecular complexity index is 979. The number of aliphatic hydroxyl groups excluding tert-OH is 1. The van der Waals surface area contributed by atoms with Crippen molar-refractivity contribution in [2.75, 3.05) is 6.61 Å². The Labute approximate surface area is 214 Å². The maximum atomic E-state index is 17.0. The molecule has 0 spiro atoms. The molecule has 3 fully saturated rings. The molecule has 11 heteroatoms. The van der Waals surface area contributed by atoms with Gasteiger partial charge in [-0.3, -0.25) is 14.2 Å². The van der Waals surface area contributed by atoms with Gasteiger partial charge in [0.1, 0.15) is 12.2 Å². The van der Waals surface area contributed by atoms with Crippen molar-refractivity contribution in [1.82, 2.24) is 0 Å². The molecule has 9 atom stereocenters. The summed E-state index contributed by atoms with van der Waals surface area (Å²) >= 11 is 0. The van der Waals surface area contributed by atoms with Crippen LogP contribution in [0.3, 0.4) is 0 Å². The Kier molecular flexibility index (Phi) is 6.99. The van der Waals surface area contributed by atoms with E-state index in [9.17, 15) is 29.3 Å². The summed E-state index contributed by atoms with van der Waals surface area (Å²) in [5.74, 6) is -2.96. The van der Waals surface area contributed by atoms with Crippen molar-refractivity contribution < 1.29 is 72.6 Å². The average molecular weight is 494 g/mol. The third kappa shape index (κ3) is 3.66. The monoisotopic (exact) mass is 494 g/mol. The second kappa shape index (κ2) is 8.43. The van der Waals surface area contributed by atoms with E-state index in [1.165, 1.54) is 18.2 Å². The van der Waals surface area contributed by atoms with E-state index in [2.05, 4.69) is 4.52 Å². The summed E-state index contributed by atoms with van der Waals surface area (Å²) in [5, 5.41) is 22.8. The van der Waals surface area contributed by atoms with E-state index in [1.54, 1.807) is 20.8 Å². The molecule has 3 saturated carbocycles. The number of rotatable bonds is 4. The third-order valence-electron chi connectivity index (χ3n) is 9.01. The molecule has 4 aliphatic rings. The van der Waals surface area contributed by atoms with Crippen molar-refractivity contribution in [2.45, 2.75) is 63.8 Å². The third-order valence-corrected chi connectivity index (χ3v) is 9.46. The fraction of sp³-hybridized carbons (Fsp3) is 0.727. The Morgan fingerprint density at radius 2 is 2.00 bits per heavy atom. The number of allylic oxidation sites excluding steroid dienone is 4. The molecule has 3 unspecified atom stereocenters. The van der Waals surface area contributed by atoms with Gasteiger partial charge < -0.3 is 24.5 Å². The van der Waals surface area contributed by atoms with E-state index in [1.807, 2.05) is 0 Å². The number of alkyl halides is 1. The zero-order valence-corrected chi connectivity index (χ0v) is 22.2. The Morgan fingerprint density at radius 1 is 1.36 bits per heavy atom. The van der Waals surface area contributed by atoms with Crippen LogP contribution in [-0.4, -0.2) is 50.7 Å². The van der Waals surface area contributed by atoms with Gasteiger partial charge in [-0.1, -0.05) is 25.5 Å². The molecule has 0 aromatic rings. The number of phosphoric acid groups is 1. The fourth-order valence-electron chi connectivity index (χ4n) is 7.39. The molecule has 0 amide bonds. The van der Waals surface area contributed by atoms with Gasteiger partial charge >= 0.3 is 29.6 Å². The summed E-state index contributed by atoms with van der Waals surface area (Å²) in [6, 6.07) is 0. The molecule has 0 bridgehead atoms. The zero-order valence-electron chi connectivity index (χ0n) is 19.3. The van der Waals surface area contributed by atoms with Crippen LogP contribution in [0.2, 0.25) is 0 Å². The fourth-order valence-corrected chi connectivity index (χ4v) is 7.67. The summed E-state index contributed by atoms with van der Waals surface area (Å²) in [7, 11) is -5.18. The topological polar surface area (TPSA) is 144 Å². The van der Waals surface area contributed by atoms with Crippen molar-refractivity contribution >= 4 is 19.4 Å². The standard InChI is InChI=1S/C22H30FO8P.Na/c1-12-8-16-15-5-4-13-9-14(24)6-7-19(13,2)21(15,23)17(25)10-20(16,3)22(12,27)18(26)11-31-32(28,29)30;/h6-7,9,12,15-17,25,27H,4-5,8,10-11H2,1-3H3,(H2,28,29,30);/q;+1/p-1/t12-,15?,16?,17+,19+,20+,21+,22+;/m1./s1. The van der Waals surface area contributed by atoms with Gasteiger partial charge in [-0.15, -0.1) is 0 Å². The van der Waals surface area contributed by atoms with Crippen molar-refractivity contribution in [3.05, 3.63) is 23.8 Å². The van der Waals surface area contributed by atoms with Crippen LogP contribution in [0.4, 0.5) is 4.39 Å². The van der Waals surface area contributed by atoms with E-state index in [0.717, 1.165) is 0 Å². The molecule has 0 aromatic heterocycles. The number of ketones is 2. The van der Waals surface area contributed by atoms with Crippen LogP contribution >= 0.6 is 7.82 Å². The molecule has 0 aliphatic heterocycles. The summed E-state index contributed by atoms with van der Waals surface area (Å²) in [5.41, 5.74) is -5.95. The molecular formula is C22H29FNaO8P. The number of aliphatic hydroxyl groups is 2. The minimum atomic E-state index is -5.18. The summed E-state index contributed by atoms with van der Waals surface area (Å²) in [6.07, 6.45) is 3.62. The zero-order chi connectivity index (χ0) is 23.9. The summed E-state index contributed by atoms with van der Waals surface area (Å²) in [4.78, 5) is 44.7. The first kappa shape index (κ1) is 27.4. The molecule has 33 heavy (non-hydrogen) atoms. The van der Waals surface area contributed by atoms with E-state index in [0.29, 0.717) is 24.8 Å². The minimum Gasteiger partial charge on any atom is -0.756 e. The van der Waals surface area contributed by atoms with Gasteiger partial charge in [0.05, 0.1) is 6.10 Å². The molecule has 0 heterocycles. The molecule has 3 N–H and O–H groups in total. The molecule has 178 valence electrons. The number of fused-ring (bicyclic) bond motifs is 5. The second-order valence-corrected chi connectivity index (χ2v) is 11.5. The maximum absolute atomic E-state index is 17.0. The van der Waals surface area contributed by atoms with E-state index < -0.39 is 66.2 Å². The predicted octanol–water partition coefficient (Wildman–Crippen LogP) is -1.62. The van der Waals surface area contributed by atoms with Gasteiger partial charge in [0.15, 0.2) is 17.2 Å². The van der Waals surface area contributed by atoms with Crippen LogP contribution in [0.15, 0.2) is 23.8 Å². The first-order valence-electron chi connectivity index (χ1n) is 10.9. The Balaban J connectivity index is 0.00000306. The molecule has 0 aromatic carbocycles. The number of phosphoric ester groups is 1. The van der Waals surface area contributed by atoms with Crippen LogP contribution in [0.1, 0.15) is 46.5 Å². The number of hydrogen-bond donors (Lipinski definition) is 3. The number of carbonyl (C=O) groups excluding carboxylic acids is 2. The molecule has 4 rings (SSSR count). The van der Waals surface area contributed by atoms with Gasteiger partial charge in [0.25, 0.3) is 7.82 Å². The normalized spacial score (nSPS) is 48.0. The number of carbonyl (C=O) groups is 2. The Hall–Kier alpha value is -0.220. The minimum absolute atomic E-state index is 0. The van der Waals surface area contributed by atoms with E-state index in [4.69, 9.17) is 4.89 Å². The molecule has 0 saturated heterocycles. The predicted molar refractivity (Wildman–Crippen MR) is 109 cm³/mol. The quantitative estimate of drug-likeness (QED) is 0.313. The second-order valence-electron chi connectivity index (χ2n) is 10.3. The molecule has 4 aliphatic carbocycles. The Morgan fingerprint density at radius 3 is 2.61 bits per heavy atom. The van der Waals surface area contributed by atoms with Crippen LogP contribution in [0.5, 0.6) is 0 Å². The SMILES string of the molecule is C[C@@H]1CC2C3CCC4=CC(=O)C=C[C@]4(C)[C@@]3(F)[C@@H](O)C[C@]2(C)[C@@]1(O)C(=O)COP(=O)([O-])O.[Na+]. The number of hydrogen-bond acceptors (Lipinski definition) is 7. The van der Waals surface area contributed by atoms with Crippen LogP contribution in [-0.2, 0) is 18.7 Å². The van der Waals surface area contributed by atoms with Crippen molar-refractivity contribution in [3.63, 3.8) is 0 Å². The first-order chi connectivity index (χ1) is 14.6. The van der Waals surface area contributed by atoms with Crippen molar-refractivity contribution in [1.29, 1.82) is 0 Å². The maximum Gasteiger partial charge on any atom is 1.00 e. The van der Waals surface area contributed by atoms with Gasteiger partial charge in [-0.2, -0.15) is 0 Å². The largest absolute Gasteiger partial charge is 1.00 e. The van der Waals surface area contributed by atoms with Gasteiger partial charge in [-0.25, -0.2) is 4.39 Å².